The van der Waals surface area contributed by atoms with Crippen molar-refractivity contribution in [1.82, 2.24) is 0 Å². The minimum absolute atomic E-state index is 0.125. The highest BCUT2D eigenvalue weighted by Gasteiger charge is 2.30. The van der Waals surface area contributed by atoms with Crippen molar-refractivity contribution in [2.75, 3.05) is 25.7 Å². The predicted octanol–water partition coefficient (Wildman–Crippen LogP) is 2.40. The number of rotatable bonds is 7. The molecule has 0 aliphatic carbocycles. The Hall–Kier alpha value is -3.68. The summed E-state index contributed by atoms with van der Waals surface area (Å²) in [5.74, 6) is -1.05. The summed E-state index contributed by atoms with van der Waals surface area (Å²) in [4.78, 5) is 49.6. The third kappa shape index (κ3) is 4.26. The van der Waals surface area contributed by atoms with Gasteiger partial charge in [0, 0.05) is 12.8 Å². The topological polar surface area (TPSA) is 99.2 Å². The van der Waals surface area contributed by atoms with Gasteiger partial charge in [0.2, 0.25) is 17.6 Å². The summed E-state index contributed by atoms with van der Waals surface area (Å²) < 4.78 is 15.4. The predicted molar refractivity (Wildman–Crippen MR) is 102 cm³/mol. The Kier molecular flexibility index (Phi) is 5.92. The fraction of sp³-hybridized carbons (Fsp3) is 0.238. The number of hydrogen-bond donors (Lipinski definition) is 0. The lowest BCUT2D eigenvalue weighted by molar-refractivity contribution is -0.121. The SMILES string of the molecule is COc1ccc(OC)c(C(=O)COC(=O)c2cccc(N3C(=O)CCC3=O)c2)c1. The molecule has 0 spiro atoms. The number of benzene rings is 2. The molecule has 0 aromatic heterocycles. The zero-order valence-corrected chi connectivity index (χ0v) is 16.0. The molecule has 0 bridgehead atoms. The van der Waals surface area contributed by atoms with Gasteiger partial charge in [-0.2, -0.15) is 0 Å². The fourth-order valence-electron chi connectivity index (χ4n) is 2.96. The molecule has 8 heteroatoms. The minimum Gasteiger partial charge on any atom is -0.497 e. The van der Waals surface area contributed by atoms with E-state index in [1.807, 2.05) is 0 Å². The molecule has 1 aliphatic rings. The van der Waals surface area contributed by atoms with Crippen LogP contribution in [0.3, 0.4) is 0 Å². The molecule has 0 saturated carbocycles. The molecule has 0 N–H and O–H groups in total. The van der Waals surface area contributed by atoms with Crippen molar-refractivity contribution in [3.05, 3.63) is 53.6 Å². The standard InChI is InChI=1S/C21H19NO7/c1-27-15-6-7-18(28-2)16(11-15)17(23)12-29-21(26)13-4-3-5-14(10-13)22-19(24)8-9-20(22)25/h3-7,10-11H,8-9,12H2,1-2H3. The largest absolute Gasteiger partial charge is 0.497 e. The summed E-state index contributed by atoms with van der Waals surface area (Å²) in [7, 11) is 2.90. The molecule has 29 heavy (non-hydrogen) atoms. The zero-order valence-electron chi connectivity index (χ0n) is 16.0. The number of esters is 1. The van der Waals surface area contributed by atoms with E-state index in [0.717, 1.165) is 4.90 Å². The molecule has 0 atom stereocenters. The van der Waals surface area contributed by atoms with E-state index in [1.165, 1.54) is 38.5 Å². The van der Waals surface area contributed by atoms with Crippen LogP contribution in [0, 0.1) is 0 Å². The van der Waals surface area contributed by atoms with Crippen LogP contribution in [-0.4, -0.2) is 44.4 Å². The van der Waals surface area contributed by atoms with Crippen LogP contribution < -0.4 is 14.4 Å². The van der Waals surface area contributed by atoms with Gasteiger partial charge in [-0.1, -0.05) is 6.07 Å². The van der Waals surface area contributed by atoms with Crippen molar-refractivity contribution >= 4 is 29.3 Å². The van der Waals surface area contributed by atoms with Gasteiger partial charge in [-0.25, -0.2) is 4.79 Å². The van der Waals surface area contributed by atoms with Crippen molar-refractivity contribution in [2.45, 2.75) is 12.8 Å². The first-order valence-corrected chi connectivity index (χ1v) is 8.82. The Morgan fingerprint density at radius 3 is 2.34 bits per heavy atom. The average molecular weight is 397 g/mol. The van der Waals surface area contributed by atoms with E-state index in [1.54, 1.807) is 18.2 Å². The maximum Gasteiger partial charge on any atom is 0.338 e. The second-order valence-electron chi connectivity index (χ2n) is 6.24. The van der Waals surface area contributed by atoms with E-state index in [0.29, 0.717) is 17.2 Å². The van der Waals surface area contributed by atoms with Crippen LogP contribution in [0.2, 0.25) is 0 Å². The van der Waals surface area contributed by atoms with Crippen molar-refractivity contribution in [1.29, 1.82) is 0 Å². The molecule has 2 amide bonds. The van der Waals surface area contributed by atoms with Gasteiger partial charge in [-0.15, -0.1) is 0 Å². The van der Waals surface area contributed by atoms with Gasteiger partial charge in [0.1, 0.15) is 11.5 Å². The molecule has 1 saturated heterocycles. The molecule has 0 unspecified atom stereocenters. The normalized spacial score (nSPS) is 13.4. The number of imide groups is 1. The molecule has 8 nitrogen and oxygen atoms in total. The lowest BCUT2D eigenvalue weighted by atomic mass is 10.1. The van der Waals surface area contributed by atoms with Gasteiger partial charge in [0.25, 0.3) is 0 Å². The van der Waals surface area contributed by atoms with Crippen LogP contribution in [0.4, 0.5) is 5.69 Å². The first kappa shape index (κ1) is 20.1. The average Bonchev–Trinajstić information content (AvgIpc) is 3.09. The molecule has 0 radical (unpaired) electrons. The number of ether oxygens (including phenoxy) is 3. The monoisotopic (exact) mass is 397 g/mol. The fourth-order valence-corrected chi connectivity index (χ4v) is 2.96. The molecule has 1 aliphatic heterocycles. The summed E-state index contributed by atoms with van der Waals surface area (Å²) in [5, 5.41) is 0. The van der Waals surface area contributed by atoms with Gasteiger partial charge in [0.15, 0.2) is 6.61 Å². The number of carbonyl (C=O) groups excluding carboxylic acids is 4. The van der Waals surface area contributed by atoms with Gasteiger partial charge in [-0.05, 0) is 36.4 Å². The summed E-state index contributed by atoms with van der Waals surface area (Å²) >= 11 is 0. The van der Waals surface area contributed by atoms with Crippen LogP contribution in [0.15, 0.2) is 42.5 Å². The van der Waals surface area contributed by atoms with Gasteiger partial charge < -0.3 is 14.2 Å². The Bertz CT molecular complexity index is 967. The Labute approximate surface area is 167 Å². The van der Waals surface area contributed by atoms with Crippen molar-refractivity contribution < 1.29 is 33.4 Å². The molecular formula is C21H19NO7. The highest BCUT2D eigenvalue weighted by molar-refractivity contribution is 6.20. The maximum atomic E-state index is 12.5. The number of amides is 2. The van der Waals surface area contributed by atoms with Crippen LogP contribution in [-0.2, 0) is 14.3 Å². The second-order valence-corrected chi connectivity index (χ2v) is 6.24. The number of methoxy groups -OCH3 is 2. The van der Waals surface area contributed by atoms with Crippen LogP contribution in [0.1, 0.15) is 33.6 Å². The molecule has 1 fully saturated rings. The van der Waals surface area contributed by atoms with Crippen molar-refractivity contribution in [3.8, 4) is 11.5 Å². The van der Waals surface area contributed by atoms with Crippen LogP contribution in [0.25, 0.3) is 0 Å². The lowest BCUT2D eigenvalue weighted by Gasteiger charge is -2.14. The number of Topliss-reactive ketones (excluding diaryl/α,β-unsaturated/α-hetero) is 1. The Balaban J connectivity index is 1.72. The van der Waals surface area contributed by atoms with Crippen LogP contribution >= 0.6 is 0 Å². The number of anilines is 1. The number of carbonyl (C=O) groups is 4. The van der Waals surface area contributed by atoms with Crippen LogP contribution in [0.5, 0.6) is 11.5 Å². The molecule has 150 valence electrons. The number of hydrogen-bond acceptors (Lipinski definition) is 7. The van der Waals surface area contributed by atoms with Gasteiger partial charge in [-0.3, -0.25) is 19.3 Å². The zero-order chi connectivity index (χ0) is 21.0. The summed E-state index contributed by atoms with van der Waals surface area (Å²) in [6.45, 7) is -0.506. The first-order chi connectivity index (χ1) is 13.9. The van der Waals surface area contributed by atoms with E-state index >= 15 is 0 Å². The highest BCUT2D eigenvalue weighted by Crippen LogP contribution is 2.25. The van der Waals surface area contributed by atoms with E-state index in [-0.39, 0.29) is 35.8 Å². The lowest BCUT2D eigenvalue weighted by Crippen LogP contribution is -2.28. The number of ketones is 1. The third-order valence-corrected chi connectivity index (χ3v) is 4.43. The minimum atomic E-state index is -0.749. The van der Waals surface area contributed by atoms with Gasteiger partial charge >= 0.3 is 5.97 Å². The van der Waals surface area contributed by atoms with Gasteiger partial charge in [0.05, 0.1) is 31.0 Å². The molecule has 1 heterocycles. The quantitative estimate of drug-likeness (QED) is 0.402. The summed E-state index contributed by atoms with van der Waals surface area (Å²) in [6, 6.07) is 10.7. The Morgan fingerprint density at radius 2 is 1.69 bits per heavy atom. The van der Waals surface area contributed by atoms with Crippen molar-refractivity contribution in [2.24, 2.45) is 0 Å². The molecule has 2 aromatic rings. The van der Waals surface area contributed by atoms with E-state index < -0.39 is 18.4 Å². The summed E-state index contributed by atoms with van der Waals surface area (Å²) in [5.41, 5.74) is 0.648. The second kappa shape index (κ2) is 8.55. The van der Waals surface area contributed by atoms with E-state index in [2.05, 4.69) is 0 Å². The molecule has 3 rings (SSSR count). The Morgan fingerprint density at radius 1 is 0.966 bits per heavy atom. The van der Waals surface area contributed by atoms with E-state index in [4.69, 9.17) is 14.2 Å². The first-order valence-electron chi connectivity index (χ1n) is 8.82. The highest BCUT2D eigenvalue weighted by atomic mass is 16.5. The molecule has 2 aromatic carbocycles. The van der Waals surface area contributed by atoms with E-state index in [9.17, 15) is 19.2 Å². The smallest absolute Gasteiger partial charge is 0.338 e. The maximum absolute atomic E-state index is 12.5. The molecular weight excluding hydrogens is 378 g/mol. The summed E-state index contributed by atoms with van der Waals surface area (Å²) in [6.07, 6.45) is 0.286. The third-order valence-electron chi connectivity index (χ3n) is 4.43. The number of nitrogens with zero attached hydrogens (tertiary/aromatic N) is 1. The van der Waals surface area contributed by atoms with Crippen molar-refractivity contribution in [3.63, 3.8) is 0 Å².